The van der Waals surface area contributed by atoms with Gasteiger partial charge in [0.2, 0.25) is 70.9 Å². The fraction of sp³-hybridized carbons (Fsp3) is 0.696. The first kappa shape index (κ1) is 93.1. The highest BCUT2D eigenvalue weighted by atomic mass is 19.4. The molecule has 612 valence electrons. The predicted octanol–water partition coefficient (Wildman–Crippen LogP) is 5.38. The van der Waals surface area contributed by atoms with E-state index in [1.54, 1.807) is 100 Å². The maximum absolute atomic E-state index is 15.7. The van der Waals surface area contributed by atoms with Gasteiger partial charge in [0.1, 0.15) is 60.4 Å². The van der Waals surface area contributed by atoms with Gasteiger partial charge in [0.25, 0.3) is 0 Å². The summed E-state index contributed by atoms with van der Waals surface area (Å²) in [5.41, 5.74) is 0.116. The molecule has 0 bridgehead atoms. The van der Waals surface area contributed by atoms with Crippen molar-refractivity contribution in [1.29, 1.82) is 0 Å². The summed E-state index contributed by atoms with van der Waals surface area (Å²) < 4.78 is 52.9. The molecular weight excluding hydrogens is 1410 g/mol. The summed E-state index contributed by atoms with van der Waals surface area (Å²) in [6.07, 6.45) is -6.65. The number of halogens is 3. The van der Waals surface area contributed by atoms with Crippen LogP contribution in [0.4, 0.5) is 13.2 Å². The van der Waals surface area contributed by atoms with Crippen molar-refractivity contribution in [3.05, 3.63) is 71.8 Å². The average molecular weight is 1540 g/mol. The third-order valence-corrected chi connectivity index (χ3v) is 20.3. The first-order chi connectivity index (χ1) is 51.0. The number of aliphatic hydroxyl groups excluding tert-OH is 1. The van der Waals surface area contributed by atoms with Gasteiger partial charge < -0.3 is 75.0 Å². The summed E-state index contributed by atoms with van der Waals surface area (Å²) in [6, 6.07) is 2.60. The van der Waals surface area contributed by atoms with Crippen LogP contribution in [-0.4, -0.2) is 282 Å². The summed E-state index contributed by atoms with van der Waals surface area (Å²) in [6.45, 7) is 19.3. The highest BCUT2D eigenvalue weighted by molar-refractivity contribution is 6.00. The van der Waals surface area contributed by atoms with E-state index in [-0.39, 0.29) is 75.7 Å². The van der Waals surface area contributed by atoms with Crippen molar-refractivity contribution in [2.24, 2.45) is 23.7 Å². The number of likely N-dealkylation sites (tertiary alicyclic amines) is 1. The number of amides is 12. The van der Waals surface area contributed by atoms with Crippen LogP contribution in [0.2, 0.25) is 0 Å². The molecule has 27 nitrogen and oxygen atoms in total. The Morgan fingerprint density at radius 2 is 0.936 bits per heavy atom. The first-order valence-corrected chi connectivity index (χ1v) is 38.3. The average Bonchev–Trinajstić information content (AvgIpc) is 0.810. The topological polar surface area (TPSA) is 318 Å². The number of hydrogen-bond donors (Lipinski definition) is 5. The van der Waals surface area contributed by atoms with E-state index >= 15 is 38.4 Å². The van der Waals surface area contributed by atoms with E-state index in [0.717, 1.165) is 21.1 Å². The Kier molecular flexibility index (Phi) is 37.1. The lowest BCUT2D eigenvalue weighted by atomic mass is 9.94. The van der Waals surface area contributed by atoms with Gasteiger partial charge in [0.05, 0.1) is 31.8 Å². The molecule has 30 heteroatoms. The minimum Gasteiger partial charge on any atom is -0.382 e. The van der Waals surface area contributed by atoms with Gasteiger partial charge in [0, 0.05) is 88.2 Å². The predicted molar refractivity (Wildman–Crippen MR) is 406 cm³/mol. The lowest BCUT2D eigenvalue weighted by Crippen LogP contribution is -2.63. The van der Waals surface area contributed by atoms with Crippen molar-refractivity contribution in [2.45, 2.75) is 245 Å². The van der Waals surface area contributed by atoms with E-state index in [9.17, 15) is 37.5 Å². The highest BCUT2D eigenvalue weighted by Crippen LogP contribution is 2.26. The summed E-state index contributed by atoms with van der Waals surface area (Å²) in [5, 5.41) is 21.2. The van der Waals surface area contributed by atoms with Crippen molar-refractivity contribution >= 4 is 70.9 Å². The number of nitrogens with one attached hydrogen (secondary N) is 4. The molecule has 1 unspecified atom stereocenters. The Balaban J connectivity index is 2.01. The summed E-state index contributed by atoms with van der Waals surface area (Å²) in [4.78, 5) is 191. The van der Waals surface area contributed by atoms with Gasteiger partial charge >= 0.3 is 6.18 Å². The van der Waals surface area contributed by atoms with Gasteiger partial charge in [-0.05, 0) is 107 Å². The van der Waals surface area contributed by atoms with Crippen molar-refractivity contribution in [1.82, 2.24) is 60.5 Å². The number of nitrogens with zero attached hydrogens (tertiary/aromatic N) is 8. The van der Waals surface area contributed by atoms with Crippen molar-refractivity contribution in [3.63, 3.8) is 0 Å². The van der Waals surface area contributed by atoms with Crippen LogP contribution < -0.4 is 21.3 Å². The molecule has 12 atom stereocenters. The summed E-state index contributed by atoms with van der Waals surface area (Å²) >= 11 is 0. The fourth-order valence-electron chi connectivity index (χ4n) is 13.3. The monoisotopic (exact) mass is 1540 g/mol. The molecule has 2 aliphatic heterocycles. The van der Waals surface area contributed by atoms with Gasteiger partial charge in [-0.2, -0.15) is 13.2 Å². The van der Waals surface area contributed by atoms with Crippen LogP contribution in [0.15, 0.2) is 60.7 Å². The van der Waals surface area contributed by atoms with Gasteiger partial charge in [-0.1, -0.05) is 129 Å². The number of likely N-dealkylation sites (N-methyl/N-ethyl adjacent to an activating group) is 6. The summed E-state index contributed by atoms with van der Waals surface area (Å²) in [5.74, 6) is -10.3. The lowest BCUT2D eigenvalue weighted by molar-refractivity contribution is -0.217. The van der Waals surface area contributed by atoms with Gasteiger partial charge in [-0.3, -0.25) is 57.5 Å². The third kappa shape index (κ3) is 28.2. The Morgan fingerprint density at radius 3 is 1.42 bits per heavy atom. The fourth-order valence-corrected chi connectivity index (χ4v) is 13.3. The van der Waals surface area contributed by atoms with Crippen molar-refractivity contribution in [2.75, 3.05) is 88.8 Å². The van der Waals surface area contributed by atoms with Crippen LogP contribution in [0.1, 0.15) is 165 Å². The summed E-state index contributed by atoms with van der Waals surface area (Å²) in [7, 11) is 9.60. The first-order valence-electron chi connectivity index (χ1n) is 38.3. The molecule has 2 aromatic rings. The number of rotatable bonds is 20. The van der Waals surface area contributed by atoms with E-state index in [1.165, 1.54) is 68.9 Å². The number of alkyl halides is 3. The van der Waals surface area contributed by atoms with Crippen LogP contribution in [0.5, 0.6) is 0 Å². The zero-order chi connectivity index (χ0) is 82.1. The number of carbonyl (C=O) groups is 12. The van der Waals surface area contributed by atoms with Crippen LogP contribution >= 0.6 is 0 Å². The second kappa shape index (κ2) is 43.4. The van der Waals surface area contributed by atoms with Crippen molar-refractivity contribution < 1.29 is 85.3 Å². The molecule has 0 saturated carbocycles. The lowest BCUT2D eigenvalue weighted by Gasteiger charge is -2.39. The van der Waals surface area contributed by atoms with E-state index < -0.39 is 181 Å². The smallest absolute Gasteiger partial charge is 0.382 e. The Hall–Kier alpha value is -8.25. The molecule has 0 aliphatic carbocycles. The van der Waals surface area contributed by atoms with Gasteiger partial charge in [-0.25, -0.2) is 0 Å². The quantitative estimate of drug-likeness (QED) is 0.111. The highest BCUT2D eigenvalue weighted by Gasteiger charge is 2.45. The Bertz CT molecular complexity index is 3340. The maximum atomic E-state index is 15.7. The number of benzene rings is 2. The molecule has 2 heterocycles. The largest absolute Gasteiger partial charge is 0.416 e. The minimum absolute atomic E-state index is 0.0175. The van der Waals surface area contributed by atoms with E-state index in [2.05, 4.69) is 21.3 Å². The minimum atomic E-state index is -5.16. The molecular formula is C79H125F3N12O15. The molecule has 5 N–H and O–H groups in total. The molecule has 4 rings (SSSR count). The Morgan fingerprint density at radius 1 is 0.505 bits per heavy atom. The molecule has 12 amide bonds. The molecule has 2 fully saturated rings. The van der Waals surface area contributed by atoms with Gasteiger partial charge in [0.15, 0.2) is 6.10 Å². The van der Waals surface area contributed by atoms with Gasteiger partial charge in [-0.15, -0.1) is 0 Å². The second-order valence-corrected chi connectivity index (χ2v) is 31.6. The third-order valence-electron chi connectivity index (χ3n) is 20.3. The van der Waals surface area contributed by atoms with E-state index in [0.29, 0.717) is 43.5 Å². The van der Waals surface area contributed by atoms with Crippen LogP contribution in [0.3, 0.4) is 0 Å². The molecule has 0 aromatic heterocycles. The Labute approximate surface area is 643 Å². The number of aliphatic hydroxyl groups is 1. The zero-order valence-corrected chi connectivity index (χ0v) is 67.7. The van der Waals surface area contributed by atoms with E-state index in [1.807, 2.05) is 48.5 Å². The number of carbonyl (C=O) groups excluding carboxylic acids is 12. The van der Waals surface area contributed by atoms with Crippen LogP contribution in [0, 0.1) is 23.7 Å². The van der Waals surface area contributed by atoms with E-state index in [4.69, 9.17) is 9.47 Å². The van der Waals surface area contributed by atoms with Crippen LogP contribution in [-0.2, 0) is 79.8 Å². The molecule has 109 heavy (non-hydrogen) atoms. The SMILES string of the molecule is CC[C@H](C)[C@@H]1NC(=O)[C@H](CC(C)C)N(C)C(=O)[C@H](COC(C)(C)C)NC(=O)[C@H](Cc2ccccc2)N(C)C(=O)[C@H](Cc2ccccc2)N(C)C(=O)[C@H](COCC(O)C(F)(F)F)NC(=O)[C@H](CC)N(C)C(=O)CCCN(C)C(=O)C[C@@H](C(=O)N2CCCCC2)NC(=O)[C@H](CC(C)C)N(C)C(=O)[C@H](CC(C)C)N(C)C1=O. The molecule has 2 aromatic carbocycles. The van der Waals surface area contributed by atoms with Crippen molar-refractivity contribution in [3.8, 4) is 0 Å². The second-order valence-electron chi connectivity index (χ2n) is 31.6. The number of ether oxygens (including phenoxy) is 2. The maximum Gasteiger partial charge on any atom is 0.416 e. The zero-order valence-electron chi connectivity index (χ0n) is 67.7. The van der Waals surface area contributed by atoms with Crippen LogP contribution in [0.25, 0.3) is 0 Å². The molecule has 2 saturated heterocycles. The molecule has 0 radical (unpaired) electrons. The number of piperidine rings is 1. The normalized spacial score (nSPS) is 24.8. The number of hydrogen-bond acceptors (Lipinski definition) is 15. The molecule has 0 spiro atoms. The standard InChI is InChI=1S/C79H125F3N12O15/c1-20-52(9)67-77(107)93(19)62(42-51(7)8)75(105)90(16)59(40-49(3)4)69(99)83-55(74(104)94-38-29-24-30-39-94)45-66(97)87(13)37-31-36-65(96)88(14)58(21-2)68(98)84-56(46-108-48-64(95)79(80,81)82)72(102)92(18)63(44-54-34-27-23-28-35-54)76(106)91(17)61(43-53-32-25-22-26-33-53)70(100)85-57(47-109-78(10,11)12)73(103)89(15)60(41-50(5)6)71(101)86-67/h22-23,25-28,32-35,49-52,55-64,67,95H,20-21,24,29-31,36-48H2,1-19H3,(H,83,99)(H,84,98)(H,85,100)(H,86,101)/t52-,55-,56-,57-,58-,59-,60-,61-,62-,63-,64?,67-/m0/s1. The molecule has 2 aliphatic rings.